The third kappa shape index (κ3) is 3.42. The van der Waals surface area contributed by atoms with E-state index in [0.717, 1.165) is 16.7 Å². The Morgan fingerprint density at radius 2 is 1.84 bits per heavy atom. The summed E-state index contributed by atoms with van der Waals surface area (Å²) in [5.74, 6) is -0.0528. The first-order valence-corrected chi connectivity index (χ1v) is 6.15. The van der Waals surface area contributed by atoms with Gasteiger partial charge in [0.05, 0.1) is 12.8 Å². The van der Waals surface area contributed by atoms with Gasteiger partial charge < -0.3 is 9.94 Å². The summed E-state index contributed by atoms with van der Waals surface area (Å²) in [6.45, 7) is 0.575. The number of methoxy groups -OCH3 is 1. The van der Waals surface area contributed by atoms with E-state index in [1.807, 2.05) is 48.5 Å². The molecule has 2 aromatic carbocycles. The highest BCUT2D eigenvalue weighted by atomic mass is 16.5. The van der Waals surface area contributed by atoms with E-state index in [4.69, 9.17) is 9.94 Å². The van der Waals surface area contributed by atoms with Gasteiger partial charge in [-0.1, -0.05) is 54.6 Å². The smallest absolute Gasteiger partial charge is 0.0713 e. The molecule has 0 aliphatic heterocycles. The van der Waals surface area contributed by atoms with Gasteiger partial charge in [0.1, 0.15) is 0 Å². The summed E-state index contributed by atoms with van der Waals surface area (Å²) < 4.78 is 5.15. The van der Waals surface area contributed by atoms with Crippen LogP contribution in [0.5, 0.6) is 0 Å². The Morgan fingerprint density at radius 1 is 1.11 bits per heavy atom. The predicted octanol–water partition coefficient (Wildman–Crippen LogP) is 3.42. The number of oxime groups is 1. The summed E-state index contributed by atoms with van der Waals surface area (Å²) >= 11 is 0. The van der Waals surface area contributed by atoms with E-state index < -0.39 is 0 Å². The Bertz CT molecular complexity index is 537. The lowest BCUT2D eigenvalue weighted by molar-refractivity contribution is 0.185. The lowest BCUT2D eigenvalue weighted by Crippen LogP contribution is -2.03. The van der Waals surface area contributed by atoms with Crippen molar-refractivity contribution >= 4 is 6.21 Å². The van der Waals surface area contributed by atoms with Crippen LogP contribution in [0.4, 0.5) is 0 Å². The molecule has 0 fully saturated rings. The second-order valence-corrected chi connectivity index (χ2v) is 4.33. The summed E-state index contributed by atoms with van der Waals surface area (Å²) in [6, 6.07) is 18.1. The largest absolute Gasteiger partial charge is 0.411 e. The van der Waals surface area contributed by atoms with Crippen LogP contribution in [-0.2, 0) is 11.3 Å². The minimum atomic E-state index is -0.0528. The monoisotopic (exact) mass is 255 g/mol. The van der Waals surface area contributed by atoms with Gasteiger partial charge in [-0.05, 0) is 16.7 Å². The van der Waals surface area contributed by atoms with Crippen molar-refractivity contribution < 1.29 is 9.94 Å². The summed E-state index contributed by atoms with van der Waals surface area (Å²) in [4.78, 5) is 0. The molecule has 19 heavy (non-hydrogen) atoms. The van der Waals surface area contributed by atoms with Gasteiger partial charge in [-0.15, -0.1) is 5.16 Å². The van der Waals surface area contributed by atoms with Crippen molar-refractivity contribution in [3.8, 4) is 0 Å². The number of hydrogen-bond acceptors (Lipinski definition) is 3. The van der Waals surface area contributed by atoms with Gasteiger partial charge in [0.15, 0.2) is 0 Å². The fourth-order valence-electron chi connectivity index (χ4n) is 2.13. The third-order valence-electron chi connectivity index (χ3n) is 3.00. The van der Waals surface area contributed by atoms with Crippen LogP contribution in [0.25, 0.3) is 0 Å². The van der Waals surface area contributed by atoms with Crippen LogP contribution in [-0.4, -0.2) is 18.5 Å². The van der Waals surface area contributed by atoms with E-state index in [1.165, 1.54) is 0 Å². The number of rotatable bonds is 5. The number of nitrogens with zero attached hydrogens (tertiary/aromatic N) is 1. The summed E-state index contributed by atoms with van der Waals surface area (Å²) in [6.07, 6.45) is 1.54. The molecule has 0 aliphatic rings. The maximum Gasteiger partial charge on any atom is 0.0713 e. The number of ether oxygens (including phenoxy) is 1. The van der Waals surface area contributed by atoms with Gasteiger partial charge >= 0.3 is 0 Å². The molecule has 0 saturated carbocycles. The molecule has 0 saturated heterocycles. The molecule has 1 N–H and O–H groups in total. The SMILES string of the molecule is COCc1cccc(C(C=NO)c2ccccc2)c1. The Balaban J connectivity index is 2.37. The molecule has 0 spiro atoms. The van der Waals surface area contributed by atoms with Gasteiger partial charge in [0.2, 0.25) is 0 Å². The predicted molar refractivity (Wildman–Crippen MR) is 75.7 cm³/mol. The standard InChI is InChI=1S/C16H17NO2/c1-19-12-13-6-5-9-15(10-13)16(11-17-18)14-7-3-2-4-8-14/h2-11,16,18H,12H2,1H3. The molecule has 0 amide bonds. The van der Waals surface area contributed by atoms with Crippen molar-refractivity contribution in [2.75, 3.05) is 7.11 Å². The quantitative estimate of drug-likeness (QED) is 0.505. The highest BCUT2D eigenvalue weighted by Gasteiger charge is 2.12. The van der Waals surface area contributed by atoms with Crippen LogP contribution in [0.3, 0.4) is 0 Å². The second kappa shape index (κ2) is 6.71. The second-order valence-electron chi connectivity index (χ2n) is 4.33. The maximum absolute atomic E-state index is 8.88. The van der Waals surface area contributed by atoms with Crippen molar-refractivity contribution in [3.05, 3.63) is 71.3 Å². The van der Waals surface area contributed by atoms with E-state index in [2.05, 4.69) is 11.2 Å². The molecular formula is C16H17NO2. The normalized spacial score (nSPS) is 12.7. The molecule has 0 heterocycles. The average molecular weight is 255 g/mol. The summed E-state index contributed by atoms with van der Waals surface area (Å²) in [7, 11) is 1.68. The lowest BCUT2D eigenvalue weighted by Gasteiger charge is -2.13. The molecule has 3 nitrogen and oxygen atoms in total. The topological polar surface area (TPSA) is 41.8 Å². The van der Waals surface area contributed by atoms with Gasteiger partial charge in [-0.2, -0.15) is 0 Å². The first-order chi connectivity index (χ1) is 9.35. The summed E-state index contributed by atoms with van der Waals surface area (Å²) in [5.41, 5.74) is 3.28. The molecule has 2 rings (SSSR count). The first kappa shape index (κ1) is 13.3. The van der Waals surface area contributed by atoms with E-state index in [-0.39, 0.29) is 5.92 Å². The summed E-state index contributed by atoms with van der Waals surface area (Å²) in [5, 5.41) is 12.1. The average Bonchev–Trinajstić information content (AvgIpc) is 2.46. The molecule has 3 heteroatoms. The van der Waals surface area contributed by atoms with Gasteiger partial charge in [0, 0.05) is 13.0 Å². The minimum Gasteiger partial charge on any atom is -0.411 e. The highest BCUT2D eigenvalue weighted by Crippen LogP contribution is 2.23. The maximum atomic E-state index is 8.88. The first-order valence-electron chi connectivity index (χ1n) is 6.15. The van der Waals surface area contributed by atoms with Crippen molar-refractivity contribution in [1.82, 2.24) is 0 Å². The molecule has 0 bridgehead atoms. The molecule has 0 radical (unpaired) electrons. The molecule has 0 aromatic heterocycles. The fourth-order valence-corrected chi connectivity index (χ4v) is 2.13. The number of benzene rings is 2. The van der Waals surface area contributed by atoms with Crippen LogP contribution in [0, 0.1) is 0 Å². The zero-order valence-corrected chi connectivity index (χ0v) is 10.9. The Kier molecular flexibility index (Phi) is 4.70. The van der Waals surface area contributed by atoms with Crippen molar-refractivity contribution in [2.24, 2.45) is 5.16 Å². The molecule has 0 aliphatic carbocycles. The van der Waals surface area contributed by atoms with Crippen LogP contribution in [0.1, 0.15) is 22.6 Å². The highest BCUT2D eigenvalue weighted by molar-refractivity contribution is 5.72. The van der Waals surface area contributed by atoms with Gasteiger partial charge in [-0.3, -0.25) is 0 Å². The minimum absolute atomic E-state index is 0.0528. The molecule has 98 valence electrons. The van der Waals surface area contributed by atoms with Crippen molar-refractivity contribution in [1.29, 1.82) is 0 Å². The molecule has 1 atom stereocenters. The van der Waals surface area contributed by atoms with Crippen LogP contribution in [0.2, 0.25) is 0 Å². The lowest BCUT2D eigenvalue weighted by atomic mass is 9.91. The van der Waals surface area contributed by atoms with Gasteiger partial charge in [0.25, 0.3) is 0 Å². The van der Waals surface area contributed by atoms with Gasteiger partial charge in [-0.25, -0.2) is 0 Å². The van der Waals surface area contributed by atoms with Crippen LogP contribution >= 0.6 is 0 Å². The Morgan fingerprint density at radius 3 is 2.53 bits per heavy atom. The molecular weight excluding hydrogens is 238 g/mol. The van der Waals surface area contributed by atoms with Crippen LogP contribution in [0.15, 0.2) is 59.8 Å². The van der Waals surface area contributed by atoms with E-state index in [9.17, 15) is 0 Å². The zero-order chi connectivity index (χ0) is 13.5. The molecule has 2 aromatic rings. The third-order valence-corrected chi connectivity index (χ3v) is 3.00. The Labute approximate surface area is 113 Å². The molecule has 1 unspecified atom stereocenters. The van der Waals surface area contributed by atoms with E-state index in [1.54, 1.807) is 13.3 Å². The Hall–Kier alpha value is -2.13. The van der Waals surface area contributed by atoms with Crippen LogP contribution < -0.4 is 0 Å². The van der Waals surface area contributed by atoms with Crippen molar-refractivity contribution in [2.45, 2.75) is 12.5 Å². The van der Waals surface area contributed by atoms with E-state index in [0.29, 0.717) is 6.61 Å². The fraction of sp³-hybridized carbons (Fsp3) is 0.188. The van der Waals surface area contributed by atoms with E-state index >= 15 is 0 Å². The number of hydrogen-bond donors (Lipinski definition) is 1. The van der Waals surface area contributed by atoms with Crippen molar-refractivity contribution in [3.63, 3.8) is 0 Å². The zero-order valence-electron chi connectivity index (χ0n) is 10.9.